The molecule has 0 unspecified atom stereocenters. The molecule has 24 heavy (non-hydrogen) atoms. The minimum atomic E-state index is -0.652. The fourth-order valence-electron chi connectivity index (χ4n) is 2.49. The molecule has 2 heterocycles. The van der Waals surface area contributed by atoms with Crippen LogP contribution in [0.3, 0.4) is 0 Å². The second-order valence-electron chi connectivity index (χ2n) is 5.64. The van der Waals surface area contributed by atoms with Crippen molar-refractivity contribution >= 4 is 29.1 Å². The third-order valence-corrected chi connectivity index (χ3v) is 4.44. The summed E-state index contributed by atoms with van der Waals surface area (Å²) in [5.74, 6) is 0.0467. The molecule has 3 rings (SSSR count). The average molecular weight is 351 g/mol. The summed E-state index contributed by atoms with van der Waals surface area (Å²) >= 11 is 1.43. The number of nitrogens with zero attached hydrogens (tertiary/aromatic N) is 4. The molecule has 0 amide bonds. The third kappa shape index (κ3) is 3.93. The fourth-order valence-corrected chi connectivity index (χ4v) is 2.87. The Kier molecular flexibility index (Phi) is 5.15. The van der Waals surface area contributed by atoms with Gasteiger partial charge in [0.05, 0.1) is 5.69 Å². The van der Waals surface area contributed by atoms with Gasteiger partial charge in [-0.3, -0.25) is 0 Å². The molecule has 1 N–H and O–H groups in total. The normalized spacial score (nSPS) is 15.6. The maximum absolute atomic E-state index is 13.8. The topological polar surface area (TPSA) is 44.3 Å². The van der Waals surface area contributed by atoms with Gasteiger partial charge in [-0.25, -0.2) is 18.7 Å². The number of anilines is 3. The van der Waals surface area contributed by atoms with Crippen LogP contribution in [0.4, 0.5) is 26.1 Å². The lowest BCUT2D eigenvalue weighted by Crippen LogP contribution is -2.44. The molecule has 1 aromatic heterocycles. The summed E-state index contributed by atoms with van der Waals surface area (Å²) in [6, 6.07) is 5.22. The highest BCUT2D eigenvalue weighted by atomic mass is 32.2. The molecule has 1 saturated heterocycles. The van der Waals surface area contributed by atoms with E-state index in [0.29, 0.717) is 11.0 Å². The largest absolute Gasteiger partial charge is 0.354 e. The van der Waals surface area contributed by atoms with Gasteiger partial charge in [0.2, 0.25) is 0 Å². The molecule has 2 aromatic rings. The quantitative estimate of drug-likeness (QED) is 0.675. The molecule has 0 bridgehead atoms. The number of hydrogen-bond acceptors (Lipinski definition) is 6. The molecule has 0 atom stereocenters. The van der Waals surface area contributed by atoms with Crippen LogP contribution in [0, 0.1) is 11.6 Å². The predicted molar refractivity (Wildman–Crippen MR) is 93.2 cm³/mol. The number of thioether (sulfide) groups is 1. The van der Waals surface area contributed by atoms with Crippen LogP contribution >= 0.6 is 11.8 Å². The van der Waals surface area contributed by atoms with Crippen molar-refractivity contribution in [1.82, 2.24) is 14.9 Å². The van der Waals surface area contributed by atoms with E-state index in [9.17, 15) is 8.78 Å². The number of likely N-dealkylation sites (N-methyl/N-ethyl adjacent to an activating group) is 1. The maximum atomic E-state index is 13.8. The molecule has 0 spiro atoms. The number of piperazine rings is 1. The van der Waals surface area contributed by atoms with Crippen molar-refractivity contribution in [3.8, 4) is 0 Å². The van der Waals surface area contributed by atoms with Crippen LogP contribution in [0.25, 0.3) is 0 Å². The average Bonchev–Trinajstić information content (AvgIpc) is 2.58. The van der Waals surface area contributed by atoms with E-state index < -0.39 is 11.6 Å². The Balaban J connectivity index is 1.86. The zero-order chi connectivity index (χ0) is 17.1. The zero-order valence-corrected chi connectivity index (χ0v) is 14.4. The lowest BCUT2D eigenvalue weighted by molar-refractivity contribution is 0.312. The van der Waals surface area contributed by atoms with E-state index in [1.807, 2.05) is 6.26 Å². The van der Waals surface area contributed by atoms with Crippen LogP contribution in [0.5, 0.6) is 0 Å². The number of rotatable bonds is 4. The molecular formula is C16H19F2N5S. The van der Waals surface area contributed by atoms with Gasteiger partial charge < -0.3 is 15.1 Å². The van der Waals surface area contributed by atoms with Gasteiger partial charge in [-0.05, 0) is 25.4 Å². The molecule has 0 aliphatic carbocycles. The molecule has 5 nitrogen and oxygen atoms in total. The first-order valence-electron chi connectivity index (χ1n) is 7.64. The van der Waals surface area contributed by atoms with Crippen molar-refractivity contribution in [2.45, 2.75) is 5.16 Å². The molecule has 1 fully saturated rings. The van der Waals surface area contributed by atoms with Crippen LogP contribution in [0.2, 0.25) is 0 Å². The predicted octanol–water partition coefficient (Wildman–Crippen LogP) is 2.97. The summed E-state index contributed by atoms with van der Waals surface area (Å²) in [6.45, 7) is 3.69. The Morgan fingerprint density at radius 1 is 1.08 bits per heavy atom. The molecule has 8 heteroatoms. The first-order valence-corrected chi connectivity index (χ1v) is 8.86. The Morgan fingerprint density at radius 3 is 2.50 bits per heavy atom. The lowest BCUT2D eigenvalue weighted by Gasteiger charge is -2.33. The maximum Gasteiger partial charge on any atom is 0.191 e. The fraction of sp³-hybridized carbons (Fsp3) is 0.375. The summed E-state index contributed by atoms with van der Waals surface area (Å²) < 4.78 is 26.9. The first-order chi connectivity index (χ1) is 11.5. The molecule has 1 aromatic carbocycles. The highest BCUT2D eigenvalue weighted by Crippen LogP contribution is 2.25. The summed E-state index contributed by atoms with van der Waals surface area (Å²) in [6.07, 6.45) is 1.89. The standard InChI is InChI=1S/C16H19F2N5S/c1-22-5-7-23(8-6-22)15-10-14(20-16(21-15)24-2)19-13-4-3-11(17)9-12(13)18/h3-4,9-10H,5-8H2,1-2H3,(H,19,20,21). The zero-order valence-electron chi connectivity index (χ0n) is 13.6. The minimum absolute atomic E-state index is 0.187. The second kappa shape index (κ2) is 7.31. The van der Waals surface area contributed by atoms with Crippen LogP contribution in [-0.2, 0) is 0 Å². The molecule has 0 saturated carbocycles. The molecule has 1 aliphatic heterocycles. The minimum Gasteiger partial charge on any atom is -0.354 e. The monoisotopic (exact) mass is 351 g/mol. The van der Waals surface area contributed by atoms with E-state index in [1.54, 1.807) is 6.07 Å². The van der Waals surface area contributed by atoms with E-state index >= 15 is 0 Å². The van der Waals surface area contributed by atoms with Crippen molar-refractivity contribution in [1.29, 1.82) is 0 Å². The van der Waals surface area contributed by atoms with E-state index in [4.69, 9.17) is 0 Å². The van der Waals surface area contributed by atoms with E-state index in [0.717, 1.165) is 38.1 Å². The summed E-state index contributed by atoms with van der Waals surface area (Å²) in [5, 5.41) is 3.53. The first kappa shape index (κ1) is 16.9. The summed E-state index contributed by atoms with van der Waals surface area (Å²) in [5.41, 5.74) is 0.187. The van der Waals surface area contributed by atoms with E-state index in [-0.39, 0.29) is 5.69 Å². The van der Waals surface area contributed by atoms with Gasteiger partial charge in [-0.1, -0.05) is 11.8 Å². The molecular weight excluding hydrogens is 332 g/mol. The van der Waals surface area contributed by atoms with Crippen molar-refractivity contribution in [2.75, 3.05) is 49.7 Å². The SMILES string of the molecule is CSc1nc(Nc2ccc(F)cc2F)cc(N2CCN(C)CC2)n1. The number of nitrogens with one attached hydrogen (secondary N) is 1. The number of halogens is 2. The Hall–Kier alpha value is -1.93. The van der Waals surface area contributed by atoms with Crippen molar-refractivity contribution in [3.63, 3.8) is 0 Å². The number of hydrogen-bond donors (Lipinski definition) is 1. The number of benzene rings is 1. The Labute approximate surface area is 144 Å². The Bertz CT molecular complexity index is 720. The molecule has 128 valence electrons. The van der Waals surface area contributed by atoms with Gasteiger partial charge in [0, 0.05) is 38.3 Å². The van der Waals surface area contributed by atoms with Crippen LogP contribution in [-0.4, -0.2) is 54.4 Å². The van der Waals surface area contributed by atoms with E-state index in [1.165, 1.54) is 23.9 Å². The lowest BCUT2D eigenvalue weighted by atomic mass is 10.3. The van der Waals surface area contributed by atoms with Crippen LogP contribution in [0.15, 0.2) is 29.4 Å². The van der Waals surface area contributed by atoms with Crippen molar-refractivity contribution in [2.24, 2.45) is 0 Å². The van der Waals surface area contributed by atoms with Gasteiger partial charge in [-0.2, -0.15) is 0 Å². The van der Waals surface area contributed by atoms with Gasteiger partial charge in [0.25, 0.3) is 0 Å². The second-order valence-corrected chi connectivity index (χ2v) is 6.41. The van der Waals surface area contributed by atoms with Gasteiger partial charge >= 0.3 is 0 Å². The molecule has 1 aliphatic rings. The van der Waals surface area contributed by atoms with Crippen LogP contribution in [0.1, 0.15) is 0 Å². The highest BCUT2D eigenvalue weighted by molar-refractivity contribution is 7.98. The third-order valence-electron chi connectivity index (χ3n) is 3.90. The Morgan fingerprint density at radius 2 is 1.83 bits per heavy atom. The number of aromatic nitrogens is 2. The van der Waals surface area contributed by atoms with Gasteiger partial charge in [0.15, 0.2) is 5.16 Å². The van der Waals surface area contributed by atoms with Gasteiger partial charge in [-0.15, -0.1) is 0 Å². The molecule has 0 radical (unpaired) electrons. The summed E-state index contributed by atoms with van der Waals surface area (Å²) in [4.78, 5) is 13.4. The highest BCUT2D eigenvalue weighted by Gasteiger charge is 2.17. The smallest absolute Gasteiger partial charge is 0.191 e. The van der Waals surface area contributed by atoms with Crippen molar-refractivity contribution < 1.29 is 8.78 Å². The van der Waals surface area contributed by atoms with Crippen LogP contribution < -0.4 is 10.2 Å². The van der Waals surface area contributed by atoms with E-state index in [2.05, 4.69) is 32.1 Å². The van der Waals surface area contributed by atoms with Gasteiger partial charge in [0.1, 0.15) is 23.3 Å². The van der Waals surface area contributed by atoms with Crippen molar-refractivity contribution in [3.05, 3.63) is 35.9 Å². The summed E-state index contributed by atoms with van der Waals surface area (Å²) in [7, 11) is 2.09.